The molecule has 1 unspecified atom stereocenters. The Labute approximate surface area is 71.8 Å². The van der Waals surface area contributed by atoms with Crippen molar-refractivity contribution in [3.05, 3.63) is 0 Å². The van der Waals surface area contributed by atoms with Gasteiger partial charge in [-0.3, -0.25) is 0 Å². The number of halogens is 2. The molecule has 1 aliphatic carbocycles. The molecule has 0 aromatic rings. The Hall–Kier alpha value is -0.180. The molecule has 0 aromatic heterocycles. The lowest BCUT2D eigenvalue weighted by molar-refractivity contribution is -0.181. The van der Waals surface area contributed by atoms with Crippen LogP contribution in [-0.2, 0) is 0 Å². The van der Waals surface area contributed by atoms with Gasteiger partial charge in [0.05, 0.1) is 0 Å². The highest BCUT2D eigenvalue weighted by atomic mass is 19.3. The SMILES string of the molecule is CC(C)(C)C(F)(F)C(O)C1CC1. The molecule has 0 spiro atoms. The first-order valence-corrected chi connectivity index (χ1v) is 4.32. The van der Waals surface area contributed by atoms with E-state index in [2.05, 4.69) is 0 Å². The van der Waals surface area contributed by atoms with Crippen LogP contribution in [0.4, 0.5) is 8.78 Å². The first kappa shape index (κ1) is 9.90. The zero-order valence-corrected chi connectivity index (χ0v) is 7.77. The lowest BCUT2D eigenvalue weighted by Crippen LogP contribution is -2.46. The van der Waals surface area contributed by atoms with E-state index >= 15 is 0 Å². The van der Waals surface area contributed by atoms with Crippen molar-refractivity contribution in [2.45, 2.75) is 45.6 Å². The molecule has 0 radical (unpaired) electrons. The molecule has 1 atom stereocenters. The van der Waals surface area contributed by atoms with Gasteiger partial charge in [-0.15, -0.1) is 0 Å². The molecule has 12 heavy (non-hydrogen) atoms. The first-order chi connectivity index (χ1) is 5.27. The highest BCUT2D eigenvalue weighted by Crippen LogP contribution is 2.46. The van der Waals surface area contributed by atoms with E-state index in [4.69, 9.17) is 0 Å². The van der Waals surface area contributed by atoms with Crippen molar-refractivity contribution in [3.8, 4) is 0 Å². The van der Waals surface area contributed by atoms with Crippen molar-refractivity contribution < 1.29 is 13.9 Å². The van der Waals surface area contributed by atoms with E-state index < -0.39 is 17.4 Å². The van der Waals surface area contributed by atoms with E-state index in [9.17, 15) is 13.9 Å². The van der Waals surface area contributed by atoms with Gasteiger partial charge in [0.2, 0.25) is 0 Å². The second-order valence-corrected chi connectivity index (χ2v) is 4.66. The van der Waals surface area contributed by atoms with Crippen molar-refractivity contribution >= 4 is 0 Å². The molecule has 1 rings (SSSR count). The highest BCUT2D eigenvalue weighted by Gasteiger charge is 2.54. The van der Waals surface area contributed by atoms with Crippen molar-refractivity contribution in [3.63, 3.8) is 0 Å². The summed E-state index contributed by atoms with van der Waals surface area (Å²) in [5.41, 5.74) is -1.14. The molecule has 0 bridgehead atoms. The molecular weight excluding hydrogens is 162 g/mol. The number of aliphatic hydroxyl groups excluding tert-OH is 1. The van der Waals surface area contributed by atoms with Gasteiger partial charge in [0.25, 0.3) is 5.92 Å². The molecule has 1 fully saturated rings. The number of hydrogen-bond donors (Lipinski definition) is 1. The lowest BCUT2D eigenvalue weighted by atomic mass is 9.83. The second-order valence-electron chi connectivity index (χ2n) is 4.66. The first-order valence-electron chi connectivity index (χ1n) is 4.32. The monoisotopic (exact) mass is 178 g/mol. The third kappa shape index (κ3) is 1.60. The number of alkyl halides is 2. The summed E-state index contributed by atoms with van der Waals surface area (Å²) in [6.45, 7) is 4.37. The van der Waals surface area contributed by atoms with Gasteiger partial charge in [-0.05, 0) is 18.8 Å². The third-order valence-corrected chi connectivity index (χ3v) is 2.44. The van der Waals surface area contributed by atoms with Crippen LogP contribution >= 0.6 is 0 Å². The highest BCUT2D eigenvalue weighted by molar-refractivity contribution is 4.95. The Morgan fingerprint density at radius 1 is 1.25 bits per heavy atom. The zero-order valence-electron chi connectivity index (χ0n) is 7.77. The van der Waals surface area contributed by atoms with Gasteiger partial charge >= 0.3 is 0 Å². The standard InChI is InChI=1S/C9H16F2O/c1-8(2,3)9(10,11)7(12)6-4-5-6/h6-7,12H,4-5H2,1-3H3. The molecule has 72 valence electrons. The predicted octanol–water partition coefficient (Wildman–Crippen LogP) is 2.44. The van der Waals surface area contributed by atoms with E-state index in [0.29, 0.717) is 0 Å². The fraction of sp³-hybridized carbons (Fsp3) is 1.00. The third-order valence-electron chi connectivity index (χ3n) is 2.44. The molecule has 0 heterocycles. The van der Waals surface area contributed by atoms with E-state index in [-0.39, 0.29) is 5.92 Å². The topological polar surface area (TPSA) is 20.2 Å². The van der Waals surface area contributed by atoms with Crippen LogP contribution in [0.2, 0.25) is 0 Å². The second kappa shape index (κ2) is 2.66. The molecule has 1 saturated carbocycles. The minimum Gasteiger partial charge on any atom is -0.387 e. The predicted molar refractivity (Wildman–Crippen MR) is 43.1 cm³/mol. The van der Waals surface area contributed by atoms with Crippen LogP contribution in [0.5, 0.6) is 0 Å². The van der Waals surface area contributed by atoms with Crippen LogP contribution in [-0.4, -0.2) is 17.1 Å². The van der Waals surface area contributed by atoms with Crippen molar-refractivity contribution in [1.82, 2.24) is 0 Å². The summed E-state index contributed by atoms with van der Waals surface area (Å²) in [4.78, 5) is 0. The summed E-state index contributed by atoms with van der Waals surface area (Å²) in [5, 5.41) is 9.30. The maximum atomic E-state index is 13.4. The van der Waals surface area contributed by atoms with Gasteiger partial charge in [0.1, 0.15) is 6.10 Å². The maximum Gasteiger partial charge on any atom is 0.278 e. The van der Waals surface area contributed by atoms with Gasteiger partial charge < -0.3 is 5.11 Å². The van der Waals surface area contributed by atoms with E-state index in [1.165, 1.54) is 20.8 Å². The van der Waals surface area contributed by atoms with Crippen molar-refractivity contribution in [2.24, 2.45) is 11.3 Å². The molecule has 0 saturated heterocycles. The van der Waals surface area contributed by atoms with Gasteiger partial charge in [-0.1, -0.05) is 20.8 Å². The van der Waals surface area contributed by atoms with Crippen LogP contribution < -0.4 is 0 Å². The van der Waals surface area contributed by atoms with E-state index in [0.717, 1.165) is 12.8 Å². The summed E-state index contributed by atoms with van der Waals surface area (Å²) >= 11 is 0. The van der Waals surface area contributed by atoms with Crippen LogP contribution in [0.1, 0.15) is 33.6 Å². The quantitative estimate of drug-likeness (QED) is 0.688. The number of aliphatic hydroxyl groups is 1. The van der Waals surface area contributed by atoms with E-state index in [1.807, 2.05) is 0 Å². The maximum absolute atomic E-state index is 13.4. The van der Waals surface area contributed by atoms with Crippen LogP contribution in [0, 0.1) is 11.3 Å². The average Bonchev–Trinajstić information content (AvgIpc) is 2.64. The average molecular weight is 178 g/mol. The lowest BCUT2D eigenvalue weighted by Gasteiger charge is -2.34. The molecule has 0 aromatic carbocycles. The number of rotatable bonds is 2. The molecular formula is C9H16F2O. The minimum absolute atomic E-state index is 0.167. The summed E-state index contributed by atoms with van der Waals surface area (Å²) in [5.74, 6) is -3.13. The molecule has 1 nitrogen and oxygen atoms in total. The summed E-state index contributed by atoms with van der Waals surface area (Å²) in [6.07, 6.45) is 0.0390. The largest absolute Gasteiger partial charge is 0.387 e. The van der Waals surface area contributed by atoms with Crippen molar-refractivity contribution in [2.75, 3.05) is 0 Å². The fourth-order valence-electron chi connectivity index (χ4n) is 1.15. The zero-order chi connectivity index (χ0) is 9.57. The Bertz CT molecular complexity index is 168. The smallest absolute Gasteiger partial charge is 0.278 e. The van der Waals surface area contributed by atoms with Crippen LogP contribution in [0.15, 0.2) is 0 Å². The van der Waals surface area contributed by atoms with Crippen LogP contribution in [0.3, 0.4) is 0 Å². The molecule has 0 aliphatic heterocycles. The Morgan fingerprint density at radius 2 is 1.67 bits per heavy atom. The fourth-order valence-corrected chi connectivity index (χ4v) is 1.15. The summed E-state index contributed by atoms with van der Waals surface area (Å²) < 4.78 is 26.7. The van der Waals surface area contributed by atoms with Gasteiger partial charge in [-0.25, -0.2) is 8.78 Å². The Morgan fingerprint density at radius 3 is 1.92 bits per heavy atom. The van der Waals surface area contributed by atoms with Gasteiger partial charge in [-0.2, -0.15) is 0 Å². The Balaban J connectivity index is 2.68. The molecule has 0 amide bonds. The Kier molecular flexibility index (Phi) is 2.19. The van der Waals surface area contributed by atoms with Gasteiger partial charge in [0, 0.05) is 5.41 Å². The van der Waals surface area contributed by atoms with Crippen LogP contribution in [0.25, 0.3) is 0 Å². The number of hydrogen-bond acceptors (Lipinski definition) is 1. The van der Waals surface area contributed by atoms with E-state index in [1.54, 1.807) is 0 Å². The molecule has 1 N–H and O–H groups in total. The minimum atomic E-state index is -2.96. The molecule has 1 aliphatic rings. The van der Waals surface area contributed by atoms with Gasteiger partial charge in [0.15, 0.2) is 0 Å². The molecule has 3 heteroatoms. The summed E-state index contributed by atoms with van der Waals surface area (Å²) in [7, 11) is 0. The summed E-state index contributed by atoms with van der Waals surface area (Å²) in [6, 6.07) is 0. The normalized spacial score (nSPS) is 22.5. The van der Waals surface area contributed by atoms with Crippen molar-refractivity contribution in [1.29, 1.82) is 0 Å².